The molecule has 6 nitrogen and oxygen atoms in total. The molecule has 2 aliphatic carbocycles. The summed E-state index contributed by atoms with van der Waals surface area (Å²) in [6.07, 6.45) is 10.1. The average Bonchev–Trinajstić information content (AvgIpc) is 2.78. The number of allylic oxidation sites excluding steroid dienone is 2. The van der Waals surface area contributed by atoms with Crippen molar-refractivity contribution in [2.75, 3.05) is 13.7 Å². The predicted octanol–water partition coefficient (Wildman–Crippen LogP) is 5.07. The molecule has 1 saturated carbocycles. The number of rotatable bonds is 10. The summed E-state index contributed by atoms with van der Waals surface area (Å²) in [5.74, 6) is 0.186. The van der Waals surface area contributed by atoms with Crippen molar-refractivity contribution in [2.45, 2.75) is 65.1 Å². The van der Waals surface area contributed by atoms with Gasteiger partial charge in [-0.1, -0.05) is 32.0 Å². The molecule has 3 rings (SSSR count). The van der Waals surface area contributed by atoms with E-state index in [1.54, 1.807) is 25.3 Å². The van der Waals surface area contributed by atoms with Crippen LogP contribution >= 0.6 is 0 Å². The summed E-state index contributed by atoms with van der Waals surface area (Å²) in [4.78, 5) is 15.4. The molecule has 7 heteroatoms. The topological polar surface area (TPSA) is 88.6 Å². The standard InChI is InChI=1S/C29H36N3O3.CH3.Os/c1-19(2)14-24(18-35-27(31)17-26(30)28-20(3)10-9-11-21(28)4)32(23-15-25(16-23)34-5)29(33)22-12-7-6-8-13-22;;/h6,9-12,17,19,23-25,31H,14-16,18,30H2,1-5H3;1H3;/q2*-1;+2/b26-17-,31-27?;;/t23?,24-,25?;;/m1../s1. The van der Waals surface area contributed by atoms with Crippen molar-refractivity contribution < 1.29 is 34.1 Å². The summed E-state index contributed by atoms with van der Waals surface area (Å²) in [5, 5.41) is 8.41. The third kappa shape index (κ3) is 8.42. The van der Waals surface area contributed by atoms with Gasteiger partial charge < -0.3 is 27.5 Å². The first-order valence-electron chi connectivity index (χ1n) is 12.1. The number of carbonyl (C=O) groups excluding carboxylic acids is 1. The number of nitrogens with one attached hydrogen (secondary N) is 1. The van der Waals surface area contributed by atoms with E-state index in [1.807, 2.05) is 36.9 Å². The first-order valence-corrected chi connectivity index (χ1v) is 12.1. The maximum Gasteiger partial charge on any atom is 2.00 e. The molecule has 1 aromatic carbocycles. The fourth-order valence-corrected chi connectivity index (χ4v) is 4.68. The van der Waals surface area contributed by atoms with Crippen LogP contribution in [0, 0.1) is 38.7 Å². The Balaban J connectivity index is 0.00000342. The Labute approximate surface area is 235 Å². The second kappa shape index (κ2) is 14.9. The van der Waals surface area contributed by atoms with Crippen molar-refractivity contribution in [3.05, 3.63) is 83.7 Å². The summed E-state index contributed by atoms with van der Waals surface area (Å²) < 4.78 is 11.4. The molecule has 0 unspecified atom stereocenters. The number of amides is 1. The van der Waals surface area contributed by atoms with Gasteiger partial charge in [-0.05, 0) is 55.7 Å². The van der Waals surface area contributed by atoms with Gasteiger partial charge in [0.2, 0.25) is 11.8 Å². The van der Waals surface area contributed by atoms with Crippen LogP contribution in [0.25, 0.3) is 5.70 Å². The van der Waals surface area contributed by atoms with Gasteiger partial charge in [-0.25, -0.2) is 11.5 Å². The van der Waals surface area contributed by atoms with Crippen LogP contribution < -0.4 is 5.73 Å². The van der Waals surface area contributed by atoms with E-state index in [0.29, 0.717) is 17.2 Å². The van der Waals surface area contributed by atoms with Crippen molar-refractivity contribution in [3.63, 3.8) is 0 Å². The number of hydrogen-bond acceptors (Lipinski definition) is 5. The van der Waals surface area contributed by atoms with Gasteiger partial charge in [-0.15, -0.1) is 6.08 Å². The normalized spacial score (nSPS) is 18.8. The Morgan fingerprint density at radius 1 is 1.30 bits per heavy atom. The van der Waals surface area contributed by atoms with Gasteiger partial charge in [0.15, 0.2) is 0 Å². The Morgan fingerprint density at radius 3 is 2.49 bits per heavy atom. The van der Waals surface area contributed by atoms with E-state index in [0.717, 1.165) is 36.0 Å². The first kappa shape index (κ1) is 32.4. The van der Waals surface area contributed by atoms with Crippen LogP contribution in [-0.2, 0) is 34.1 Å². The van der Waals surface area contributed by atoms with Gasteiger partial charge in [0.25, 0.3) is 0 Å². The summed E-state index contributed by atoms with van der Waals surface area (Å²) in [7, 11) is 1.70. The smallest absolute Gasteiger partial charge is 0.476 e. The Hall–Kier alpha value is -2.66. The van der Waals surface area contributed by atoms with Crippen LogP contribution in [-0.4, -0.2) is 48.6 Å². The number of carbonyl (C=O) groups is 1. The van der Waals surface area contributed by atoms with Crippen LogP contribution in [0.1, 0.15) is 49.8 Å². The number of ether oxygens (including phenoxy) is 2. The Morgan fingerprint density at radius 2 is 1.95 bits per heavy atom. The molecule has 1 atom stereocenters. The monoisotopic (exact) mass is 681 g/mol. The van der Waals surface area contributed by atoms with Gasteiger partial charge >= 0.3 is 19.8 Å². The van der Waals surface area contributed by atoms with Crippen LogP contribution in [0.5, 0.6) is 0 Å². The van der Waals surface area contributed by atoms with Gasteiger partial charge in [0.1, 0.15) is 6.61 Å². The first-order chi connectivity index (χ1) is 16.7. The van der Waals surface area contributed by atoms with E-state index in [9.17, 15) is 4.79 Å². The fraction of sp³-hybridized carbons (Fsp3) is 0.433. The summed E-state index contributed by atoms with van der Waals surface area (Å²) in [5.41, 5.74) is 16.0. The summed E-state index contributed by atoms with van der Waals surface area (Å²) in [6.45, 7) is 8.44. The Kier molecular flexibility index (Phi) is 13.1. The molecule has 0 aliphatic heterocycles. The van der Waals surface area contributed by atoms with Crippen LogP contribution in [0.4, 0.5) is 0 Å². The molecule has 1 aromatic rings. The molecule has 200 valence electrons. The molecule has 0 saturated heterocycles. The second-order valence-electron chi connectivity index (χ2n) is 9.66. The van der Waals surface area contributed by atoms with Gasteiger partial charge in [-0.2, -0.15) is 12.2 Å². The fourth-order valence-electron chi connectivity index (χ4n) is 4.68. The van der Waals surface area contributed by atoms with Crippen molar-refractivity contribution in [1.29, 1.82) is 5.41 Å². The summed E-state index contributed by atoms with van der Waals surface area (Å²) in [6, 6.07) is 5.81. The minimum atomic E-state index is -0.214. The molecule has 0 radical (unpaired) electrons. The number of hydrogen-bond donors (Lipinski definition) is 2. The summed E-state index contributed by atoms with van der Waals surface area (Å²) >= 11 is 0. The van der Waals surface area contributed by atoms with Crippen molar-refractivity contribution in [1.82, 2.24) is 4.90 Å². The number of nitrogens with two attached hydrogens (primary N) is 1. The van der Waals surface area contributed by atoms with Crippen molar-refractivity contribution in [3.8, 4) is 0 Å². The van der Waals surface area contributed by atoms with Crippen LogP contribution in [0.2, 0.25) is 0 Å². The average molecular weight is 680 g/mol. The third-order valence-corrected chi connectivity index (χ3v) is 6.48. The molecule has 0 heterocycles. The van der Waals surface area contributed by atoms with Crippen LogP contribution in [0.3, 0.4) is 0 Å². The van der Waals surface area contributed by atoms with Gasteiger partial charge in [-0.3, -0.25) is 10.2 Å². The van der Waals surface area contributed by atoms with E-state index in [4.69, 9.17) is 20.6 Å². The number of benzene rings is 1. The SMILES string of the molecule is COC1CC(N(C(=O)C2=C=C=C[C-]=C2)[C@@H](COC(=N)/C=C(\N)c2c(C)cccc2C)CC(C)C)C1.[CH3-].[Os+2]. The molecule has 2 aliphatic rings. The predicted molar refractivity (Wildman–Crippen MR) is 145 cm³/mol. The van der Waals surface area contributed by atoms with E-state index in [-0.39, 0.29) is 63.8 Å². The molecular formula is C30H39N3O3Os. The van der Waals surface area contributed by atoms with E-state index in [1.165, 1.54) is 0 Å². The molecule has 0 spiro atoms. The number of methoxy groups -OCH3 is 1. The van der Waals surface area contributed by atoms with Crippen molar-refractivity contribution >= 4 is 17.5 Å². The zero-order valence-electron chi connectivity index (χ0n) is 22.7. The van der Waals surface area contributed by atoms with Gasteiger partial charge in [0.05, 0.1) is 12.1 Å². The Bertz CT molecular complexity index is 1100. The molecule has 37 heavy (non-hydrogen) atoms. The minimum absolute atomic E-state index is 0. The largest absolute Gasteiger partial charge is 2.00 e. The number of nitrogens with zero attached hydrogens (tertiary/aromatic N) is 1. The zero-order valence-corrected chi connectivity index (χ0v) is 25.2. The quantitative estimate of drug-likeness (QED) is 0.157. The molecule has 0 aromatic heterocycles. The molecule has 1 amide bonds. The third-order valence-electron chi connectivity index (χ3n) is 6.48. The molecule has 1 fully saturated rings. The second-order valence-corrected chi connectivity index (χ2v) is 9.66. The zero-order chi connectivity index (χ0) is 25.5. The van der Waals surface area contributed by atoms with E-state index in [2.05, 4.69) is 31.4 Å². The maximum atomic E-state index is 13.6. The molecule has 3 N–H and O–H groups in total. The minimum Gasteiger partial charge on any atom is -0.476 e. The number of aryl methyl sites for hydroxylation is 2. The van der Waals surface area contributed by atoms with Gasteiger partial charge in [0, 0.05) is 30.5 Å². The van der Waals surface area contributed by atoms with Crippen LogP contribution in [0.15, 0.2) is 53.5 Å². The van der Waals surface area contributed by atoms with E-state index >= 15 is 0 Å². The van der Waals surface area contributed by atoms with Crippen molar-refractivity contribution in [2.24, 2.45) is 11.7 Å². The molecule has 0 bridgehead atoms. The maximum absolute atomic E-state index is 13.6. The van der Waals surface area contributed by atoms with E-state index < -0.39 is 0 Å². The molecular weight excluding hydrogens is 641 g/mol.